The molecule has 4 nitrogen and oxygen atoms in total. The number of hydrogen-bond acceptors (Lipinski definition) is 4. The standard InChI is InChI=1S/C19H21F2NO3/c1-24-17-8-12-6-7-22(10-13(12)9-18(17)25-2)11-16(23)19-14(20)4-3-5-15(19)21/h3-5,8-9,16,23H,6-7,10-11H2,1-2H3. The number of methoxy groups -OCH3 is 2. The highest BCUT2D eigenvalue weighted by Crippen LogP contribution is 2.33. The van der Waals surface area contributed by atoms with Crippen molar-refractivity contribution in [2.24, 2.45) is 0 Å². The number of fused-ring (bicyclic) bond motifs is 1. The molecule has 6 heteroatoms. The van der Waals surface area contributed by atoms with Gasteiger partial charge < -0.3 is 14.6 Å². The maximum atomic E-state index is 13.8. The first-order chi connectivity index (χ1) is 12.0. The molecule has 1 unspecified atom stereocenters. The highest BCUT2D eigenvalue weighted by Gasteiger charge is 2.24. The molecule has 0 radical (unpaired) electrons. The molecule has 0 aliphatic carbocycles. The van der Waals surface area contributed by atoms with E-state index in [4.69, 9.17) is 9.47 Å². The van der Waals surface area contributed by atoms with Crippen LogP contribution >= 0.6 is 0 Å². The van der Waals surface area contributed by atoms with Crippen LogP contribution in [0.2, 0.25) is 0 Å². The molecule has 1 heterocycles. The van der Waals surface area contributed by atoms with E-state index in [0.717, 1.165) is 29.7 Å². The molecule has 0 fully saturated rings. The van der Waals surface area contributed by atoms with Gasteiger partial charge in [-0.15, -0.1) is 0 Å². The maximum absolute atomic E-state index is 13.8. The summed E-state index contributed by atoms with van der Waals surface area (Å²) in [7, 11) is 3.17. The second-order valence-electron chi connectivity index (χ2n) is 6.11. The third-order valence-electron chi connectivity index (χ3n) is 4.56. The van der Waals surface area contributed by atoms with Gasteiger partial charge in [0, 0.05) is 19.6 Å². The van der Waals surface area contributed by atoms with Gasteiger partial charge in [-0.05, 0) is 41.8 Å². The van der Waals surface area contributed by atoms with Crippen molar-refractivity contribution in [3.63, 3.8) is 0 Å². The number of halogens is 2. The fourth-order valence-electron chi connectivity index (χ4n) is 3.26. The van der Waals surface area contributed by atoms with Crippen molar-refractivity contribution < 1.29 is 23.4 Å². The van der Waals surface area contributed by atoms with Crippen molar-refractivity contribution in [1.82, 2.24) is 4.90 Å². The molecule has 2 aromatic carbocycles. The van der Waals surface area contributed by atoms with E-state index in [1.807, 2.05) is 17.0 Å². The van der Waals surface area contributed by atoms with E-state index in [1.165, 1.54) is 6.07 Å². The van der Waals surface area contributed by atoms with Gasteiger partial charge in [-0.3, -0.25) is 4.90 Å². The zero-order chi connectivity index (χ0) is 18.0. The van der Waals surface area contributed by atoms with E-state index >= 15 is 0 Å². The van der Waals surface area contributed by atoms with E-state index in [-0.39, 0.29) is 12.1 Å². The number of aliphatic hydroxyl groups is 1. The van der Waals surface area contributed by atoms with Crippen molar-refractivity contribution >= 4 is 0 Å². The summed E-state index contributed by atoms with van der Waals surface area (Å²) < 4.78 is 38.3. The van der Waals surface area contributed by atoms with Crippen LogP contribution in [0.3, 0.4) is 0 Å². The van der Waals surface area contributed by atoms with Gasteiger partial charge in [-0.1, -0.05) is 6.07 Å². The SMILES string of the molecule is COc1cc2c(cc1OC)CN(CC(O)c1c(F)cccc1F)CC2. The topological polar surface area (TPSA) is 41.9 Å². The van der Waals surface area contributed by atoms with Crippen LogP contribution in [0.4, 0.5) is 8.78 Å². The van der Waals surface area contributed by atoms with Crippen LogP contribution < -0.4 is 9.47 Å². The van der Waals surface area contributed by atoms with E-state index in [0.29, 0.717) is 24.6 Å². The molecular formula is C19H21F2NO3. The van der Waals surface area contributed by atoms with Crippen molar-refractivity contribution in [3.05, 3.63) is 58.7 Å². The van der Waals surface area contributed by atoms with Crippen LogP contribution in [0.1, 0.15) is 22.8 Å². The number of rotatable bonds is 5. The molecule has 0 bridgehead atoms. The van der Waals surface area contributed by atoms with Crippen LogP contribution in [-0.4, -0.2) is 37.3 Å². The summed E-state index contributed by atoms with van der Waals surface area (Å²) in [5, 5.41) is 10.3. The van der Waals surface area contributed by atoms with Crippen molar-refractivity contribution in [1.29, 1.82) is 0 Å². The van der Waals surface area contributed by atoms with Gasteiger partial charge in [-0.25, -0.2) is 8.78 Å². The van der Waals surface area contributed by atoms with Gasteiger partial charge in [0.1, 0.15) is 11.6 Å². The zero-order valence-electron chi connectivity index (χ0n) is 14.3. The predicted octanol–water partition coefficient (Wildman–Crippen LogP) is 3.07. The Morgan fingerprint density at radius 3 is 2.28 bits per heavy atom. The Kier molecular flexibility index (Phi) is 5.20. The lowest BCUT2D eigenvalue weighted by molar-refractivity contribution is 0.0997. The van der Waals surface area contributed by atoms with Gasteiger partial charge in [0.25, 0.3) is 0 Å². The van der Waals surface area contributed by atoms with Crippen LogP contribution in [0.5, 0.6) is 11.5 Å². The number of aliphatic hydroxyl groups excluding tert-OH is 1. The second-order valence-corrected chi connectivity index (χ2v) is 6.11. The fraction of sp³-hybridized carbons (Fsp3) is 0.368. The first-order valence-electron chi connectivity index (χ1n) is 8.11. The van der Waals surface area contributed by atoms with Crippen LogP contribution in [0.15, 0.2) is 30.3 Å². The molecule has 0 spiro atoms. The highest BCUT2D eigenvalue weighted by molar-refractivity contribution is 5.48. The molecule has 0 saturated heterocycles. The van der Waals surface area contributed by atoms with Crippen LogP contribution in [-0.2, 0) is 13.0 Å². The van der Waals surface area contributed by atoms with E-state index in [9.17, 15) is 13.9 Å². The Bertz CT molecular complexity index is 746. The van der Waals surface area contributed by atoms with Gasteiger partial charge >= 0.3 is 0 Å². The van der Waals surface area contributed by atoms with Crippen molar-refractivity contribution in [2.45, 2.75) is 19.1 Å². The monoisotopic (exact) mass is 349 g/mol. The number of benzene rings is 2. The Labute approximate surface area is 145 Å². The largest absolute Gasteiger partial charge is 0.493 e. The van der Waals surface area contributed by atoms with Gasteiger partial charge in [0.2, 0.25) is 0 Å². The molecule has 3 rings (SSSR count). The molecule has 0 aromatic heterocycles. The molecule has 2 aromatic rings. The Balaban J connectivity index is 1.77. The van der Waals surface area contributed by atoms with E-state index in [1.54, 1.807) is 14.2 Å². The van der Waals surface area contributed by atoms with Gasteiger partial charge in [0.15, 0.2) is 11.5 Å². The Morgan fingerprint density at radius 1 is 1.08 bits per heavy atom. The first-order valence-corrected chi connectivity index (χ1v) is 8.11. The van der Waals surface area contributed by atoms with Gasteiger partial charge in [-0.2, -0.15) is 0 Å². The third kappa shape index (κ3) is 3.60. The molecule has 1 atom stereocenters. The van der Waals surface area contributed by atoms with E-state index in [2.05, 4.69) is 0 Å². The number of β-amino-alcohol motifs (C(OH)–C–C–N with tert-alkyl or cyclic N) is 1. The van der Waals surface area contributed by atoms with E-state index < -0.39 is 17.7 Å². The average Bonchev–Trinajstić information content (AvgIpc) is 2.60. The number of ether oxygens (including phenoxy) is 2. The van der Waals surface area contributed by atoms with Crippen molar-refractivity contribution in [3.8, 4) is 11.5 Å². The number of nitrogens with zero attached hydrogens (tertiary/aromatic N) is 1. The minimum Gasteiger partial charge on any atom is -0.493 e. The molecule has 1 N–H and O–H groups in total. The molecule has 25 heavy (non-hydrogen) atoms. The quantitative estimate of drug-likeness (QED) is 0.901. The first kappa shape index (κ1) is 17.6. The molecule has 1 aliphatic rings. The minimum absolute atomic E-state index is 0.158. The fourth-order valence-corrected chi connectivity index (χ4v) is 3.26. The summed E-state index contributed by atoms with van der Waals surface area (Å²) in [6.07, 6.45) is -0.454. The summed E-state index contributed by atoms with van der Waals surface area (Å²) in [6.45, 7) is 1.42. The summed E-state index contributed by atoms with van der Waals surface area (Å²) in [6, 6.07) is 7.47. The van der Waals surface area contributed by atoms with Gasteiger partial charge in [0.05, 0.1) is 25.9 Å². The molecule has 0 saturated carbocycles. The maximum Gasteiger partial charge on any atom is 0.161 e. The highest BCUT2D eigenvalue weighted by atomic mass is 19.1. The molecule has 134 valence electrons. The Morgan fingerprint density at radius 2 is 1.68 bits per heavy atom. The summed E-state index contributed by atoms with van der Waals surface area (Å²) >= 11 is 0. The molecule has 1 aliphatic heterocycles. The zero-order valence-corrected chi connectivity index (χ0v) is 14.3. The number of hydrogen-bond donors (Lipinski definition) is 1. The van der Waals surface area contributed by atoms with Crippen LogP contribution in [0, 0.1) is 11.6 Å². The summed E-state index contributed by atoms with van der Waals surface area (Å²) in [5.74, 6) is -0.125. The lowest BCUT2D eigenvalue weighted by Gasteiger charge is -2.31. The lowest BCUT2D eigenvalue weighted by Crippen LogP contribution is -2.34. The van der Waals surface area contributed by atoms with Crippen molar-refractivity contribution in [2.75, 3.05) is 27.3 Å². The smallest absolute Gasteiger partial charge is 0.161 e. The third-order valence-corrected chi connectivity index (χ3v) is 4.56. The second kappa shape index (κ2) is 7.37. The van der Waals surface area contributed by atoms with Crippen LogP contribution in [0.25, 0.3) is 0 Å². The lowest BCUT2D eigenvalue weighted by atomic mass is 9.98. The predicted molar refractivity (Wildman–Crippen MR) is 89.8 cm³/mol. The normalized spacial score (nSPS) is 15.6. The molecule has 0 amide bonds. The summed E-state index contributed by atoms with van der Waals surface area (Å²) in [4.78, 5) is 1.98. The molecular weight excluding hydrogens is 328 g/mol. The summed E-state index contributed by atoms with van der Waals surface area (Å²) in [5.41, 5.74) is 1.94. The average molecular weight is 349 g/mol. The minimum atomic E-state index is -1.22. The Hall–Kier alpha value is -2.18.